The second-order valence-electron chi connectivity index (χ2n) is 4.89. The van der Waals surface area contributed by atoms with Gasteiger partial charge in [-0.2, -0.15) is 13.2 Å². The van der Waals surface area contributed by atoms with Gasteiger partial charge < -0.3 is 14.7 Å². The highest BCUT2D eigenvalue weighted by molar-refractivity contribution is 5.96. The summed E-state index contributed by atoms with van der Waals surface area (Å²) in [6, 6.07) is 4.87. The van der Waals surface area contributed by atoms with E-state index in [1.54, 1.807) is 6.92 Å². The van der Waals surface area contributed by atoms with E-state index in [9.17, 15) is 23.1 Å². The van der Waals surface area contributed by atoms with Gasteiger partial charge in [-0.05, 0) is 19.1 Å². The van der Waals surface area contributed by atoms with Crippen molar-refractivity contribution in [2.75, 3.05) is 24.7 Å². The summed E-state index contributed by atoms with van der Waals surface area (Å²) in [4.78, 5) is 12.8. The summed E-state index contributed by atoms with van der Waals surface area (Å²) in [6.07, 6.45) is -4.55. The first-order valence-electron chi connectivity index (χ1n) is 5.98. The van der Waals surface area contributed by atoms with Gasteiger partial charge in [0.1, 0.15) is 12.2 Å². The summed E-state index contributed by atoms with van der Waals surface area (Å²) in [7, 11) is 0. The van der Waals surface area contributed by atoms with Gasteiger partial charge in [-0.3, -0.25) is 4.79 Å². The van der Waals surface area contributed by atoms with Crippen molar-refractivity contribution < 1.29 is 27.8 Å². The molecule has 1 aliphatic heterocycles. The zero-order valence-electron chi connectivity index (χ0n) is 10.8. The van der Waals surface area contributed by atoms with Gasteiger partial charge in [-0.1, -0.05) is 12.1 Å². The van der Waals surface area contributed by atoms with Crippen LogP contribution in [0.4, 0.5) is 18.9 Å². The van der Waals surface area contributed by atoms with E-state index in [-0.39, 0.29) is 25.4 Å². The molecule has 1 atom stereocenters. The highest BCUT2D eigenvalue weighted by atomic mass is 19.4. The smallest absolute Gasteiger partial charge is 0.393 e. The highest BCUT2D eigenvalue weighted by Crippen LogP contribution is 2.37. The molecule has 0 bridgehead atoms. The molecule has 20 heavy (non-hydrogen) atoms. The lowest BCUT2D eigenvalue weighted by atomic mass is 10.0. The number of alkyl halides is 3. The predicted octanol–water partition coefficient (Wildman–Crippen LogP) is 1.82. The van der Waals surface area contributed by atoms with Crippen LogP contribution in [0.1, 0.15) is 12.5 Å². The average Bonchev–Trinajstić information content (AvgIpc) is 2.41. The number of nitrogens with zero attached hydrogens (tertiary/aromatic N) is 1. The van der Waals surface area contributed by atoms with Crippen LogP contribution in [-0.4, -0.2) is 36.4 Å². The molecule has 0 aliphatic carbocycles. The van der Waals surface area contributed by atoms with Gasteiger partial charge in [0.25, 0.3) is 5.91 Å². The van der Waals surface area contributed by atoms with E-state index in [4.69, 9.17) is 4.74 Å². The maximum atomic E-state index is 13.0. The molecule has 0 spiro atoms. The minimum atomic E-state index is -4.55. The van der Waals surface area contributed by atoms with Crippen LogP contribution in [0, 0.1) is 0 Å². The third kappa shape index (κ3) is 2.78. The third-order valence-corrected chi connectivity index (χ3v) is 3.17. The number of anilines is 1. The summed E-state index contributed by atoms with van der Waals surface area (Å²) >= 11 is 0. The van der Waals surface area contributed by atoms with Crippen LogP contribution in [0.25, 0.3) is 0 Å². The number of morpholine rings is 1. The van der Waals surface area contributed by atoms with Crippen LogP contribution in [0.3, 0.4) is 0 Å². The summed E-state index contributed by atoms with van der Waals surface area (Å²) in [6.45, 7) is 0.673. The summed E-state index contributed by atoms with van der Waals surface area (Å²) in [5.74, 6) is -0.562. The van der Waals surface area contributed by atoms with Gasteiger partial charge in [0.05, 0.1) is 24.4 Å². The first kappa shape index (κ1) is 14.8. The predicted molar refractivity (Wildman–Crippen MR) is 65.2 cm³/mol. The van der Waals surface area contributed by atoms with Gasteiger partial charge in [0.15, 0.2) is 0 Å². The Morgan fingerprint density at radius 3 is 2.65 bits per heavy atom. The number of para-hydroxylation sites is 1. The molecule has 1 aliphatic rings. The Balaban J connectivity index is 2.42. The molecule has 7 heteroatoms. The first-order valence-corrected chi connectivity index (χ1v) is 5.98. The van der Waals surface area contributed by atoms with Crippen molar-refractivity contribution in [3.8, 4) is 0 Å². The van der Waals surface area contributed by atoms with Gasteiger partial charge in [-0.25, -0.2) is 0 Å². The molecule has 1 aromatic rings. The maximum absolute atomic E-state index is 13.0. The van der Waals surface area contributed by atoms with Crippen molar-refractivity contribution in [3.05, 3.63) is 29.8 Å². The Bertz CT molecular complexity index is 518. The fourth-order valence-corrected chi connectivity index (χ4v) is 2.05. The molecule has 1 saturated heterocycles. The number of benzene rings is 1. The Hall–Kier alpha value is -1.60. The molecule has 110 valence electrons. The topological polar surface area (TPSA) is 49.8 Å². The second kappa shape index (κ2) is 5.06. The van der Waals surface area contributed by atoms with Crippen LogP contribution < -0.4 is 4.90 Å². The van der Waals surface area contributed by atoms with Crippen molar-refractivity contribution in [3.63, 3.8) is 0 Å². The molecule has 0 radical (unpaired) electrons. The van der Waals surface area contributed by atoms with Crippen LogP contribution >= 0.6 is 0 Å². The molecule has 1 aromatic carbocycles. The van der Waals surface area contributed by atoms with Crippen LogP contribution in [-0.2, 0) is 15.7 Å². The molecule has 2 rings (SSSR count). The first-order chi connectivity index (χ1) is 9.27. The fourth-order valence-electron chi connectivity index (χ4n) is 2.05. The average molecular weight is 289 g/mol. The second-order valence-corrected chi connectivity index (χ2v) is 4.89. The van der Waals surface area contributed by atoms with Crippen molar-refractivity contribution in [1.29, 1.82) is 0 Å². The van der Waals surface area contributed by atoms with E-state index in [0.29, 0.717) is 0 Å². The quantitative estimate of drug-likeness (QED) is 0.903. The number of rotatable bonds is 2. The number of hydrogen-bond acceptors (Lipinski definition) is 3. The maximum Gasteiger partial charge on any atom is 0.418 e. The lowest BCUT2D eigenvalue weighted by Crippen LogP contribution is -2.55. The Labute approximate surface area is 113 Å². The molecule has 0 aromatic heterocycles. The number of hydrogen-bond donors (Lipinski definition) is 1. The molecule has 0 saturated carbocycles. The van der Waals surface area contributed by atoms with Crippen molar-refractivity contribution in [2.45, 2.75) is 18.7 Å². The number of halogens is 3. The number of carbonyl (C=O) groups is 1. The fraction of sp³-hybridized carbons (Fsp3) is 0.462. The highest BCUT2D eigenvalue weighted by Gasteiger charge is 2.40. The number of ether oxygens (including phenoxy) is 1. The van der Waals surface area contributed by atoms with Crippen LogP contribution in [0.15, 0.2) is 24.3 Å². The van der Waals surface area contributed by atoms with E-state index < -0.39 is 23.2 Å². The lowest BCUT2D eigenvalue weighted by Gasteiger charge is -2.39. The van der Waals surface area contributed by atoms with Crippen LogP contribution in [0.5, 0.6) is 0 Å². The molecule has 1 heterocycles. The lowest BCUT2D eigenvalue weighted by molar-refractivity contribution is -0.142. The van der Waals surface area contributed by atoms with E-state index in [2.05, 4.69) is 0 Å². The normalized spacial score (nSPS) is 24.1. The molecule has 4 nitrogen and oxygen atoms in total. The minimum absolute atomic E-state index is 0.130. The molecule has 1 unspecified atom stereocenters. The van der Waals surface area contributed by atoms with Gasteiger partial charge in [0, 0.05) is 0 Å². The Morgan fingerprint density at radius 1 is 1.40 bits per heavy atom. The molecular formula is C13H14F3NO3. The van der Waals surface area contributed by atoms with E-state index in [0.717, 1.165) is 11.0 Å². The number of aliphatic hydroxyl groups is 1. The molecule has 1 amide bonds. The van der Waals surface area contributed by atoms with E-state index >= 15 is 0 Å². The molecular weight excluding hydrogens is 275 g/mol. The van der Waals surface area contributed by atoms with Gasteiger partial charge in [0.2, 0.25) is 0 Å². The van der Waals surface area contributed by atoms with Crippen molar-refractivity contribution in [1.82, 2.24) is 0 Å². The SMILES string of the molecule is CC1(CO)CN(c2ccccc2C(F)(F)F)C(=O)CO1. The largest absolute Gasteiger partial charge is 0.418 e. The number of aliphatic hydroxyl groups excluding tert-OH is 1. The number of carbonyl (C=O) groups excluding carboxylic acids is 1. The third-order valence-electron chi connectivity index (χ3n) is 3.17. The summed E-state index contributed by atoms with van der Waals surface area (Å²) in [5.41, 5.74) is -2.16. The monoisotopic (exact) mass is 289 g/mol. The summed E-state index contributed by atoms with van der Waals surface area (Å²) < 4.78 is 44.1. The Morgan fingerprint density at radius 2 is 2.05 bits per heavy atom. The molecule has 1 N–H and O–H groups in total. The zero-order chi connectivity index (χ0) is 15.0. The van der Waals surface area contributed by atoms with Gasteiger partial charge in [-0.15, -0.1) is 0 Å². The van der Waals surface area contributed by atoms with E-state index in [1.807, 2.05) is 0 Å². The summed E-state index contributed by atoms with van der Waals surface area (Å²) in [5, 5.41) is 9.25. The number of amides is 1. The van der Waals surface area contributed by atoms with Crippen molar-refractivity contribution >= 4 is 11.6 Å². The zero-order valence-corrected chi connectivity index (χ0v) is 10.8. The molecule has 1 fully saturated rings. The van der Waals surface area contributed by atoms with Crippen molar-refractivity contribution in [2.24, 2.45) is 0 Å². The van der Waals surface area contributed by atoms with E-state index in [1.165, 1.54) is 18.2 Å². The van der Waals surface area contributed by atoms with Crippen LogP contribution in [0.2, 0.25) is 0 Å². The minimum Gasteiger partial charge on any atom is -0.393 e. The standard InChI is InChI=1S/C13H14F3NO3/c1-12(8-18)7-17(11(19)6-20-12)10-5-3-2-4-9(10)13(14,15)16/h2-5,18H,6-8H2,1H3. The Kier molecular flexibility index (Phi) is 3.75. The van der Waals surface area contributed by atoms with Gasteiger partial charge >= 0.3 is 6.18 Å².